The minimum atomic E-state index is -2.82. The number of hydrogen-bond acceptors (Lipinski definition) is 6. The van der Waals surface area contributed by atoms with Crippen molar-refractivity contribution < 1.29 is 19.0 Å². The number of nitrogens with zero attached hydrogens (tertiary/aromatic N) is 4. The number of ketones is 1. The molecule has 3 rings (SSSR count). The van der Waals surface area contributed by atoms with Crippen molar-refractivity contribution in [1.29, 1.82) is 0 Å². The third-order valence-electron chi connectivity index (χ3n) is 4.18. The largest absolute Gasteiger partial charge is 0.382 e. The molecule has 0 saturated carbocycles. The van der Waals surface area contributed by atoms with Gasteiger partial charge in [0.15, 0.2) is 5.78 Å². The molecule has 2 N–H and O–H groups in total. The van der Waals surface area contributed by atoms with Crippen molar-refractivity contribution in [3.05, 3.63) is 79.4 Å². The topological polar surface area (TPSA) is 150 Å². The summed E-state index contributed by atoms with van der Waals surface area (Å²) >= 11 is 0. The normalized spacial score (nSPS) is 25.6. The number of carbonyl (C=O) groups is 1. The molecule has 1 unspecified atom stereocenters. The molecule has 2 heterocycles. The van der Waals surface area contributed by atoms with Crippen LogP contribution < -0.4 is 11.2 Å². The summed E-state index contributed by atoms with van der Waals surface area (Å²) in [5, 5.41) is 13.8. The molecule has 1 fully saturated rings. The number of hydrogen-bond donors (Lipinski definition) is 2. The molecule has 1 saturated heterocycles. The predicted molar refractivity (Wildman–Crippen MR) is 89.6 cm³/mol. The minimum absolute atomic E-state index is 0.158. The molecule has 0 spiro atoms. The minimum Gasteiger partial charge on any atom is -0.382 e. The highest BCUT2D eigenvalue weighted by Gasteiger charge is 2.52. The molecule has 1 aliphatic heterocycles. The zero-order chi connectivity index (χ0) is 19.6. The fourth-order valence-electron chi connectivity index (χ4n) is 2.91. The molecule has 11 heteroatoms. The molecule has 1 aromatic carbocycles. The van der Waals surface area contributed by atoms with E-state index in [9.17, 15) is 19.5 Å². The number of Topliss-reactive ketones (excluding diaryl/α,β-unsaturated/α-hetero) is 1. The number of H-pyrrole nitrogens is 1. The number of azide groups is 1. The number of carbonyl (C=O) groups excluding carboxylic acids is 1. The second kappa shape index (κ2) is 7.16. The molecule has 27 heavy (non-hydrogen) atoms. The van der Waals surface area contributed by atoms with Crippen LogP contribution in [0.5, 0.6) is 0 Å². The molecule has 2 aromatic rings. The van der Waals surface area contributed by atoms with E-state index in [1.807, 2.05) is 4.98 Å². The molecule has 1 aromatic heterocycles. The van der Waals surface area contributed by atoms with Gasteiger partial charge >= 0.3 is 5.69 Å². The maximum absolute atomic E-state index is 15.3. The van der Waals surface area contributed by atoms with Crippen molar-refractivity contribution in [1.82, 2.24) is 9.55 Å². The van der Waals surface area contributed by atoms with E-state index >= 15 is 4.39 Å². The number of aliphatic hydroxyl groups is 1. The Hall–Kier alpha value is -3.27. The van der Waals surface area contributed by atoms with Crippen LogP contribution in [0.25, 0.3) is 10.4 Å². The molecule has 4 atom stereocenters. The fraction of sp³-hybridized carbons (Fsp3) is 0.312. The molecule has 0 radical (unpaired) electrons. The Balaban J connectivity index is 1.95. The van der Waals surface area contributed by atoms with Crippen molar-refractivity contribution in [2.24, 2.45) is 5.11 Å². The predicted octanol–water partition coefficient (Wildman–Crippen LogP) is 0.828. The first-order valence-electron chi connectivity index (χ1n) is 7.86. The van der Waals surface area contributed by atoms with Crippen molar-refractivity contribution in [2.45, 2.75) is 30.6 Å². The summed E-state index contributed by atoms with van der Waals surface area (Å²) in [5.41, 5.74) is 7.05. The van der Waals surface area contributed by atoms with Crippen molar-refractivity contribution in [2.75, 3.05) is 0 Å². The van der Waals surface area contributed by atoms with Crippen LogP contribution in [-0.4, -0.2) is 38.7 Å². The van der Waals surface area contributed by atoms with E-state index < -0.39 is 47.7 Å². The Morgan fingerprint density at radius 3 is 2.74 bits per heavy atom. The number of benzene rings is 1. The average Bonchev–Trinajstić information content (AvgIpc) is 2.98. The summed E-state index contributed by atoms with van der Waals surface area (Å²) in [6.45, 7) is 0. The molecular weight excluding hydrogens is 361 g/mol. The van der Waals surface area contributed by atoms with E-state index in [1.165, 1.54) is 12.1 Å². The number of alkyl halides is 1. The van der Waals surface area contributed by atoms with Gasteiger partial charge in [-0.25, -0.2) is 9.36 Å². The van der Waals surface area contributed by atoms with E-state index in [4.69, 9.17) is 10.3 Å². The number of halogens is 1. The Kier molecular flexibility index (Phi) is 4.91. The summed E-state index contributed by atoms with van der Waals surface area (Å²) in [4.78, 5) is 40.0. The van der Waals surface area contributed by atoms with Gasteiger partial charge in [0.1, 0.15) is 12.2 Å². The molecule has 10 nitrogen and oxygen atoms in total. The maximum atomic E-state index is 15.3. The Bertz CT molecular complexity index is 1020. The smallest absolute Gasteiger partial charge is 0.332 e. The van der Waals surface area contributed by atoms with Crippen LogP contribution in [-0.2, 0) is 10.7 Å². The molecule has 140 valence electrons. The van der Waals surface area contributed by atoms with E-state index in [1.54, 1.807) is 18.2 Å². The van der Waals surface area contributed by atoms with E-state index in [0.717, 1.165) is 12.3 Å². The SMILES string of the molecule is [N-]=[N+]=N[C@H]1C[C@](F)(n2ccc(=O)[nH]c2=O)O[C@@H]1C(O)C(=O)c1ccccc1. The number of ether oxygens (including phenoxy) is 1. The number of aromatic nitrogens is 2. The van der Waals surface area contributed by atoms with E-state index in [-0.39, 0.29) is 5.56 Å². The zero-order valence-corrected chi connectivity index (χ0v) is 13.7. The van der Waals surface area contributed by atoms with Gasteiger partial charge in [-0.1, -0.05) is 35.4 Å². The molecular formula is C16H14FN5O5. The summed E-state index contributed by atoms with van der Waals surface area (Å²) in [5.74, 6) is -3.57. The second-order valence-electron chi connectivity index (χ2n) is 5.90. The lowest BCUT2D eigenvalue weighted by Gasteiger charge is -2.24. The molecule has 0 aliphatic carbocycles. The lowest BCUT2D eigenvalue weighted by molar-refractivity contribution is -0.210. The van der Waals surface area contributed by atoms with Gasteiger partial charge in [-0.15, -0.1) is 0 Å². The number of aromatic amines is 1. The molecule has 1 aliphatic rings. The van der Waals surface area contributed by atoms with Crippen LogP contribution in [0.2, 0.25) is 0 Å². The lowest BCUT2D eigenvalue weighted by atomic mass is 9.98. The Morgan fingerprint density at radius 2 is 2.11 bits per heavy atom. The number of rotatable bonds is 5. The quantitative estimate of drug-likeness (QED) is 0.343. The average molecular weight is 375 g/mol. The van der Waals surface area contributed by atoms with Crippen molar-refractivity contribution >= 4 is 5.78 Å². The number of aliphatic hydroxyl groups excluding tert-OH is 1. The standard InChI is InChI=1S/C16H14FN5O5/c17-16(22-7-6-11(23)19-15(22)26)8-10(20-21-18)14(27-16)13(25)12(24)9-4-2-1-3-5-9/h1-7,10,13-14,25H,8H2,(H,19,23,26)/t10-,13?,14-,16-/m0/s1. The van der Waals surface area contributed by atoms with Crippen LogP contribution in [0.15, 0.2) is 57.3 Å². The first kappa shape index (κ1) is 18.5. The van der Waals surface area contributed by atoms with Gasteiger partial charge in [-0.2, -0.15) is 4.39 Å². The van der Waals surface area contributed by atoms with Gasteiger partial charge in [0.2, 0.25) is 0 Å². The summed E-state index contributed by atoms with van der Waals surface area (Å²) < 4.78 is 20.9. The highest BCUT2D eigenvalue weighted by molar-refractivity contribution is 5.99. The second-order valence-corrected chi connectivity index (χ2v) is 5.90. The molecule has 0 amide bonds. The van der Waals surface area contributed by atoms with Gasteiger partial charge in [0, 0.05) is 29.2 Å². The third kappa shape index (κ3) is 3.51. The first-order valence-corrected chi connectivity index (χ1v) is 7.86. The van der Waals surface area contributed by atoms with E-state index in [2.05, 4.69) is 10.0 Å². The number of nitrogens with one attached hydrogen (secondary N) is 1. The zero-order valence-electron chi connectivity index (χ0n) is 13.7. The monoisotopic (exact) mass is 375 g/mol. The molecule has 0 bridgehead atoms. The van der Waals surface area contributed by atoms with Gasteiger partial charge in [-0.05, 0) is 5.53 Å². The summed E-state index contributed by atoms with van der Waals surface area (Å²) in [7, 11) is 0. The van der Waals surface area contributed by atoms with Crippen LogP contribution in [0.3, 0.4) is 0 Å². The Morgan fingerprint density at radius 1 is 1.41 bits per heavy atom. The Labute approximate surface area is 150 Å². The van der Waals surface area contributed by atoms with Gasteiger partial charge in [0.25, 0.3) is 11.5 Å². The fourth-order valence-corrected chi connectivity index (χ4v) is 2.91. The third-order valence-corrected chi connectivity index (χ3v) is 4.18. The van der Waals surface area contributed by atoms with Crippen LogP contribution in [0, 0.1) is 0 Å². The van der Waals surface area contributed by atoms with Crippen molar-refractivity contribution in [3.8, 4) is 0 Å². The van der Waals surface area contributed by atoms with Gasteiger partial charge in [-0.3, -0.25) is 14.6 Å². The lowest BCUT2D eigenvalue weighted by Crippen LogP contribution is -2.43. The van der Waals surface area contributed by atoms with Gasteiger partial charge < -0.3 is 9.84 Å². The van der Waals surface area contributed by atoms with Crippen LogP contribution in [0.1, 0.15) is 16.8 Å². The van der Waals surface area contributed by atoms with Gasteiger partial charge in [0.05, 0.1) is 6.04 Å². The maximum Gasteiger partial charge on any atom is 0.332 e. The van der Waals surface area contributed by atoms with Crippen LogP contribution in [0.4, 0.5) is 4.39 Å². The summed E-state index contributed by atoms with van der Waals surface area (Å²) in [6.07, 6.45) is -3.12. The first-order chi connectivity index (χ1) is 12.9. The van der Waals surface area contributed by atoms with Crippen LogP contribution >= 0.6 is 0 Å². The summed E-state index contributed by atoms with van der Waals surface area (Å²) in [6, 6.07) is 7.40. The van der Waals surface area contributed by atoms with E-state index in [0.29, 0.717) is 4.57 Å². The highest BCUT2D eigenvalue weighted by Crippen LogP contribution is 2.39. The van der Waals surface area contributed by atoms with Crippen molar-refractivity contribution in [3.63, 3.8) is 0 Å². The highest BCUT2D eigenvalue weighted by atomic mass is 19.2.